The van der Waals surface area contributed by atoms with Crippen molar-refractivity contribution in [2.24, 2.45) is 0 Å². The number of aliphatic hydroxyl groups is 4. The first-order chi connectivity index (χ1) is 18.7. The third kappa shape index (κ3) is 6.45. The van der Waals surface area contributed by atoms with Gasteiger partial charge < -0.3 is 45.0 Å². The van der Waals surface area contributed by atoms with Crippen molar-refractivity contribution in [2.45, 2.75) is 24.5 Å². The van der Waals surface area contributed by atoms with Gasteiger partial charge in [0.1, 0.15) is 30.2 Å². The molecule has 13 heteroatoms. The van der Waals surface area contributed by atoms with Gasteiger partial charge in [-0.25, -0.2) is 18.7 Å². The molecular formula is C26H33F2N5O6. The Kier molecular flexibility index (Phi) is 9.30. The second-order valence-corrected chi connectivity index (χ2v) is 9.34. The lowest BCUT2D eigenvalue weighted by atomic mass is 10.0. The van der Waals surface area contributed by atoms with Gasteiger partial charge in [0.25, 0.3) is 0 Å². The molecule has 1 aliphatic heterocycles. The molecule has 4 atom stereocenters. The Morgan fingerprint density at radius 1 is 1.00 bits per heavy atom. The summed E-state index contributed by atoms with van der Waals surface area (Å²) in [6, 6.07) is 7.93. The first-order valence-electron chi connectivity index (χ1n) is 12.5. The van der Waals surface area contributed by atoms with E-state index in [0.717, 1.165) is 26.2 Å². The van der Waals surface area contributed by atoms with Crippen LogP contribution in [0.15, 0.2) is 36.7 Å². The maximum atomic E-state index is 15.0. The van der Waals surface area contributed by atoms with Crippen LogP contribution in [0.25, 0.3) is 10.9 Å². The van der Waals surface area contributed by atoms with Crippen molar-refractivity contribution in [1.29, 1.82) is 0 Å². The molecular weight excluding hydrogens is 516 g/mol. The number of alkyl halides is 1. The molecule has 1 aliphatic rings. The van der Waals surface area contributed by atoms with Gasteiger partial charge in [0.15, 0.2) is 23.8 Å². The minimum atomic E-state index is -2.13. The highest BCUT2D eigenvalue weighted by molar-refractivity contribution is 5.93. The number of aromatic nitrogens is 2. The van der Waals surface area contributed by atoms with Crippen LogP contribution in [0.1, 0.15) is 0 Å². The average Bonchev–Trinajstić information content (AvgIpc) is 2.95. The molecule has 4 rings (SSSR count). The van der Waals surface area contributed by atoms with E-state index in [2.05, 4.69) is 20.2 Å². The summed E-state index contributed by atoms with van der Waals surface area (Å²) < 4.78 is 39.7. The van der Waals surface area contributed by atoms with Crippen LogP contribution in [0, 0.1) is 5.82 Å². The summed E-state index contributed by atoms with van der Waals surface area (Å²) in [5, 5.41) is 42.4. The lowest BCUT2D eigenvalue weighted by molar-refractivity contribution is -0.0981. The third-order valence-electron chi connectivity index (χ3n) is 6.71. The number of anilines is 3. The number of fused-ring (bicyclic) bond motifs is 1. The van der Waals surface area contributed by atoms with Gasteiger partial charge in [-0.2, -0.15) is 0 Å². The van der Waals surface area contributed by atoms with Crippen molar-refractivity contribution in [3.63, 3.8) is 0 Å². The quantitative estimate of drug-likeness (QED) is 0.234. The molecule has 2 aromatic carbocycles. The van der Waals surface area contributed by atoms with Crippen molar-refractivity contribution in [3.05, 3.63) is 42.5 Å². The molecule has 0 amide bonds. The minimum absolute atomic E-state index is 0.0573. The summed E-state index contributed by atoms with van der Waals surface area (Å²) in [7, 11) is 3.41. The number of nitrogens with one attached hydrogen (secondary N) is 1. The molecule has 11 nitrogen and oxygen atoms in total. The molecule has 0 spiro atoms. The summed E-state index contributed by atoms with van der Waals surface area (Å²) in [5.41, 5.74) is 1.41. The normalized spacial score (nSPS) is 17.5. The number of ether oxygens (including phenoxy) is 2. The molecule has 0 bridgehead atoms. The van der Waals surface area contributed by atoms with Crippen LogP contribution in [0.5, 0.6) is 11.5 Å². The number of hydrogen-bond acceptors (Lipinski definition) is 11. The molecule has 212 valence electrons. The lowest BCUT2D eigenvalue weighted by Crippen LogP contribution is -2.48. The molecule has 1 saturated heterocycles. The van der Waals surface area contributed by atoms with Crippen LogP contribution >= 0.6 is 0 Å². The highest BCUT2D eigenvalue weighted by atomic mass is 19.1. The fraction of sp³-hybridized carbons (Fsp3) is 0.462. The van der Waals surface area contributed by atoms with Gasteiger partial charge in [0.2, 0.25) is 0 Å². The van der Waals surface area contributed by atoms with Crippen molar-refractivity contribution in [2.75, 3.05) is 63.8 Å². The second-order valence-electron chi connectivity index (χ2n) is 9.34. The fourth-order valence-electron chi connectivity index (χ4n) is 4.36. The lowest BCUT2D eigenvalue weighted by Gasteiger charge is -2.34. The number of methoxy groups -OCH3 is 1. The Morgan fingerprint density at radius 2 is 1.74 bits per heavy atom. The Hall–Kier alpha value is -3.36. The highest BCUT2D eigenvalue weighted by Gasteiger charge is 2.34. The summed E-state index contributed by atoms with van der Waals surface area (Å²) in [5.74, 6) is 0.246. The van der Waals surface area contributed by atoms with Crippen LogP contribution in [-0.2, 0) is 0 Å². The van der Waals surface area contributed by atoms with E-state index in [1.54, 1.807) is 18.2 Å². The van der Waals surface area contributed by atoms with Crippen molar-refractivity contribution in [1.82, 2.24) is 14.9 Å². The number of halogens is 2. The van der Waals surface area contributed by atoms with E-state index in [1.165, 1.54) is 25.6 Å². The molecule has 0 aliphatic carbocycles. The summed E-state index contributed by atoms with van der Waals surface area (Å²) in [4.78, 5) is 12.7. The summed E-state index contributed by atoms with van der Waals surface area (Å²) >= 11 is 0. The predicted molar refractivity (Wildman–Crippen MR) is 141 cm³/mol. The number of likely N-dealkylation sites (N-methyl/N-ethyl adjacent to an activating group) is 1. The minimum Gasteiger partial charge on any atom is -0.493 e. The molecule has 39 heavy (non-hydrogen) atoms. The SMILES string of the molecule is COc1cc2c(Nc3ccc(N4CCN(C)CC4)c(F)c3)ncnc2cc1O[C@H](CO)[C@H](O)[C@@H](O)[C@H](F)CO. The van der Waals surface area contributed by atoms with Gasteiger partial charge in [-0.3, -0.25) is 0 Å². The predicted octanol–water partition coefficient (Wildman–Crippen LogP) is 1.06. The molecule has 2 heterocycles. The van der Waals surface area contributed by atoms with Gasteiger partial charge in [-0.1, -0.05) is 0 Å². The summed E-state index contributed by atoms with van der Waals surface area (Å²) in [6.07, 6.45) is -6.09. The van der Waals surface area contributed by atoms with E-state index in [1.807, 2.05) is 11.9 Å². The Balaban J connectivity index is 1.57. The Labute approximate surface area is 224 Å². The zero-order valence-corrected chi connectivity index (χ0v) is 21.7. The standard InChI is InChI=1S/C26H33F2N5O6/c1-32-5-7-33(8-6-32)20-4-3-15(9-17(20)27)31-26-16-10-21(38-2)22(11-19(16)29-14-30-26)39-23(13-35)25(37)24(36)18(28)12-34/h3-4,9-11,14,18,23-25,34-37H,5-8,12-13H2,1-2H3,(H,29,30,31)/t18-,23-,24+,25+/m1/s1. The van der Waals surface area contributed by atoms with Gasteiger partial charge in [-0.05, 0) is 31.3 Å². The number of piperazine rings is 1. The molecule has 1 fully saturated rings. The molecule has 0 unspecified atom stereocenters. The maximum Gasteiger partial charge on any atom is 0.164 e. The fourth-order valence-corrected chi connectivity index (χ4v) is 4.36. The van der Waals surface area contributed by atoms with E-state index < -0.39 is 37.7 Å². The Bertz CT molecular complexity index is 1260. The topological polar surface area (TPSA) is 144 Å². The molecule has 5 N–H and O–H groups in total. The smallest absolute Gasteiger partial charge is 0.164 e. The van der Waals surface area contributed by atoms with E-state index in [9.17, 15) is 19.7 Å². The zero-order valence-electron chi connectivity index (χ0n) is 21.7. The van der Waals surface area contributed by atoms with E-state index in [-0.39, 0.29) is 17.3 Å². The third-order valence-corrected chi connectivity index (χ3v) is 6.71. The number of benzene rings is 2. The zero-order chi connectivity index (χ0) is 28.1. The average molecular weight is 550 g/mol. The van der Waals surface area contributed by atoms with Crippen LogP contribution in [-0.4, -0.2) is 113 Å². The van der Waals surface area contributed by atoms with Crippen molar-refractivity contribution >= 4 is 28.1 Å². The van der Waals surface area contributed by atoms with Crippen molar-refractivity contribution in [3.8, 4) is 11.5 Å². The first-order valence-corrected chi connectivity index (χ1v) is 12.5. The van der Waals surface area contributed by atoms with Crippen molar-refractivity contribution < 1.29 is 38.7 Å². The molecule has 3 aromatic rings. The van der Waals surface area contributed by atoms with E-state index in [4.69, 9.17) is 14.6 Å². The number of rotatable bonds is 11. The van der Waals surface area contributed by atoms with E-state index in [0.29, 0.717) is 28.1 Å². The number of nitrogens with zero attached hydrogens (tertiary/aromatic N) is 4. The van der Waals surface area contributed by atoms with Gasteiger partial charge >= 0.3 is 0 Å². The number of hydrogen-bond donors (Lipinski definition) is 5. The summed E-state index contributed by atoms with van der Waals surface area (Å²) in [6.45, 7) is 1.43. The molecule has 0 saturated carbocycles. The van der Waals surface area contributed by atoms with Crippen LogP contribution in [0.2, 0.25) is 0 Å². The van der Waals surface area contributed by atoms with E-state index >= 15 is 4.39 Å². The van der Waals surface area contributed by atoms with Crippen LogP contribution in [0.4, 0.5) is 26.0 Å². The van der Waals surface area contributed by atoms with Crippen LogP contribution in [0.3, 0.4) is 0 Å². The van der Waals surface area contributed by atoms with Gasteiger partial charge in [-0.15, -0.1) is 0 Å². The monoisotopic (exact) mass is 549 g/mol. The Morgan fingerprint density at radius 3 is 2.38 bits per heavy atom. The first kappa shape index (κ1) is 28.6. The van der Waals surface area contributed by atoms with Crippen LogP contribution < -0.4 is 19.7 Å². The molecule has 0 radical (unpaired) electrons. The maximum absolute atomic E-state index is 15.0. The van der Waals surface area contributed by atoms with Gasteiger partial charge in [0, 0.05) is 43.3 Å². The highest BCUT2D eigenvalue weighted by Crippen LogP contribution is 2.36. The van der Waals surface area contributed by atoms with Gasteiger partial charge in [0.05, 0.1) is 31.5 Å². The molecule has 1 aromatic heterocycles. The second kappa shape index (κ2) is 12.7. The number of aliphatic hydroxyl groups excluding tert-OH is 4. The largest absolute Gasteiger partial charge is 0.493 e.